The summed E-state index contributed by atoms with van der Waals surface area (Å²) in [6.07, 6.45) is 1.33. The van der Waals surface area contributed by atoms with Gasteiger partial charge < -0.3 is 19.7 Å². The Morgan fingerprint density at radius 1 is 0.788 bits per heavy atom. The molecule has 2 rings (SSSR count). The maximum absolute atomic E-state index is 11.1. The Bertz CT molecular complexity index is 866. The van der Waals surface area contributed by atoms with E-state index in [4.69, 9.17) is 9.47 Å². The molecule has 2 aromatic rings. The van der Waals surface area contributed by atoms with Crippen molar-refractivity contribution in [3.63, 3.8) is 0 Å². The fourth-order valence-corrected chi connectivity index (χ4v) is 3.42. The molecule has 0 radical (unpaired) electrons. The van der Waals surface area contributed by atoms with Crippen molar-refractivity contribution in [2.45, 2.75) is 44.3 Å². The summed E-state index contributed by atoms with van der Waals surface area (Å²) >= 11 is 0. The highest BCUT2D eigenvalue weighted by atomic mass is 16.5. The molecule has 0 saturated carbocycles. The fourth-order valence-electron chi connectivity index (χ4n) is 3.42. The van der Waals surface area contributed by atoms with Crippen LogP contribution in [0.4, 0.5) is 0 Å². The van der Waals surface area contributed by atoms with E-state index < -0.39 is 24.1 Å². The largest absolute Gasteiger partial charge is 0.460 e. The van der Waals surface area contributed by atoms with Crippen LogP contribution in [0.3, 0.4) is 0 Å². The molecule has 2 atom stereocenters. The Labute approximate surface area is 195 Å². The van der Waals surface area contributed by atoms with Gasteiger partial charge in [0.1, 0.15) is 13.2 Å². The lowest BCUT2D eigenvalue weighted by Crippen LogP contribution is -2.21. The standard InChI is InChI=1S/C27H32O6/c1-5-25(30)32-17-23(28)15-19-7-11-21(12-8-19)27(3,4)22-13-9-20(10-14-22)16-24(29)18-33-26(31)6-2/h5-14,23-24,28-29H,1-2,15-18H2,3-4H3. The van der Waals surface area contributed by atoms with Crippen LogP contribution in [0.5, 0.6) is 0 Å². The Balaban J connectivity index is 1.98. The van der Waals surface area contributed by atoms with Gasteiger partial charge in [-0.3, -0.25) is 0 Å². The summed E-state index contributed by atoms with van der Waals surface area (Å²) in [5, 5.41) is 20.1. The first kappa shape index (κ1) is 26.0. The zero-order chi connectivity index (χ0) is 24.4. The molecule has 0 amide bonds. The van der Waals surface area contributed by atoms with Crippen LogP contribution < -0.4 is 0 Å². The SMILES string of the molecule is C=CC(=O)OCC(O)Cc1ccc(C(C)(C)c2ccc(CC(O)COC(=O)C=C)cc2)cc1. The third kappa shape index (κ3) is 8.00. The molecule has 6 heteroatoms. The van der Waals surface area contributed by atoms with Crippen molar-refractivity contribution in [3.8, 4) is 0 Å². The highest BCUT2D eigenvalue weighted by Gasteiger charge is 2.23. The van der Waals surface area contributed by atoms with Gasteiger partial charge >= 0.3 is 11.9 Å². The summed E-state index contributed by atoms with van der Waals surface area (Å²) in [4.78, 5) is 22.2. The molecule has 2 aromatic carbocycles. The van der Waals surface area contributed by atoms with Crippen LogP contribution in [0.25, 0.3) is 0 Å². The summed E-state index contributed by atoms with van der Waals surface area (Å²) in [6, 6.07) is 16.0. The maximum Gasteiger partial charge on any atom is 0.330 e. The first-order chi connectivity index (χ1) is 15.6. The van der Waals surface area contributed by atoms with Crippen LogP contribution in [0.2, 0.25) is 0 Å². The molecule has 176 valence electrons. The Morgan fingerprint density at radius 3 is 1.42 bits per heavy atom. The van der Waals surface area contributed by atoms with E-state index in [0.29, 0.717) is 12.8 Å². The second kappa shape index (κ2) is 12.1. The number of hydrogen-bond acceptors (Lipinski definition) is 6. The van der Waals surface area contributed by atoms with E-state index in [9.17, 15) is 19.8 Å². The Morgan fingerprint density at radius 2 is 1.12 bits per heavy atom. The van der Waals surface area contributed by atoms with Crippen LogP contribution in [0.15, 0.2) is 73.8 Å². The number of carbonyl (C=O) groups excluding carboxylic acids is 2. The molecule has 2 unspecified atom stereocenters. The van der Waals surface area contributed by atoms with Gasteiger partial charge in [0.15, 0.2) is 0 Å². The molecule has 2 N–H and O–H groups in total. The molecule has 33 heavy (non-hydrogen) atoms. The molecule has 0 aliphatic heterocycles. The molecular weight excluding hydrogens is 420 g/mol. The van der Waals surface area contributed by atoms with E-state index in [0.717, 1.165) is 34.4 Å². The summed E-state index contributed by atoms with van der Waals surface area (Å²) in [7, 11) is 0. The van der Waals surface area contributed by atoms with Crippen LogP contribution in [-0.4, -0.2) is 47.6 Å². The minimum atomic E-state index is -0.782. The molecule has 0 fully saturated rings. The van der Waals surface area contributed by atoms with Crippen molar-refractivity contribution < 1.29 is 29.3 Å². The monoisotopic (exact) mass is 452 g/mol. The second-order valence-corrected chi connectivity index (χ2v) is 8.40. The van der Waals surface area contributed by atoms with E-state index in [1.165, 1.54) is 0 Å². The van der Waals surface area contributed by atoms with E-state index >= 15 is 0 Å². The van der Waals surface area contributed by atoms with Gasteiger partial charge in [-0.2, -0.15) is 0 Å². The topological polar surface area (TPSA) is 93.1 Å². The van der Waals surface area contributed by atoms with Gasteiger partial charge in [-0.15, -0.1) is 0 Å². The van der Waals surface area contributed by atoms with E-state index in [-0.39, 0.29) is 18.6 Å². The van der Waals surface area contributed by atoms with Gasteiger partial charge in [-0.1, -0.05) is 75.5 Å². The number of benzene rings is 2. The van der Waals surface area contributed by atoms with Gasteiger partial charge in [0.25, 0.3) is 0 Å². The average Bonchev–Trinajstić information content (AvgIpc) is 2.81. The number of hydrogen-bond donors (Lipinski definition) is 2. The minimum Gasteiger partial charge on any atom is -0.460 e. The number of esters is 2. The Hall–Kier alpha value is -3.22. The molecule has 0 aliphatic rings. The molecule has 0 bridgehead atoms. The van der Waals surface area contributed by atoms with Gasteiger partial charge in [0.2, 0.25) is 0 Å². The molecule has 6 nitrogen and oxygen atoms in total. The third-order valence-corrected chi connectivity index (χ3v) is 5.46. The van der Waals surface area contributed by atoms with Crippen molar-refractivity contribution in [3.05, 3.63) is 96.1 Å². The van der Waals surface area contributed by atoms with Crippen LogP contribution in [0, 0.1) is 0 Å². The van der Waals surface area contributed by atoms with E-state index in [2.05, 4.69) is 27.0 Å². The van der Waals surface area contributed by atoms with Crippen molar-refractivity contribution in [2.24, 2.45) is 0 Å². The van der Waals surface area contributed by atoms with Gasteiger partial charge in [0.05, 0.1) is 12.2 Å². The quantitative estimate of drug-likeness (QED) is 0.379. The summed E-state index contributed by atoms with van der Waals surface area (Å²) in [5.74, 6) is -1.11. The smallest absolute Gasteiger partial charge is 0.330 e. The van der Waals surface area contributed by atoms with Crippen LogP contribution >= 0.6 is 0 Å². The predicted octanol–water partition coefficient (Wildman–Crippen LogP) is 3.28. The summed E-state index contributed by atoms with van der Waals surface area (Å²) in [6.45, 7) is 10.8. The Kier molecular flexibility index (Phi) is 9.57. The fraction of sp³-hybridized carbons (Fsp3) is 0.333. The van der Waals surface area contributed by atoms with Crippen LogP contribution in [-0.2, 0) is 37.3 Å². The predicted molar refractivity (Wildman–Crippen MR) is 127 cm³/mol. The van der Waals surface area contributed by atoms with Gasteiger partial charge in [-0.25, -0.2) is 9.59 Å². The highest BCUT2D eigenvalue weighted by Crippen LogP contribution is 2.32. The molecule has 0 saturated heterocycles. The first-order valence-corrected chi connectivity index (χ1v) is 10.8. The van der Waals surface area contributed by atoms with Crippen molar-refractivity contribution in [1.29, 1.82) is 0 Å². The number of aliphatic hydroxyl groups excluding tert-OH is 2. The van der Waals surface area contributed by atoms with Gasteiger partial charge in [0, 0.05) is 30.4 Å². The highest BCUT2D eigenvalue weighted by molar-refractivity contribution is 5.81. The zero-order valence-corrected chi connectivity index (χ0v) is 19.2. The van der Waals surface area contributed by atoms with Crippen molar-refractivity contribution in [2.75, 3.05) is 13.2 Å². The summed E-state index contributed by atoms with van der Waals surface area (Å²) < 4.78 is 9.75. The second-order valence-electron chi connectivity index (χ2n) is 8.40. The zero-order valence-electron chi connectivity index (χ0n) is 19.2. The molecule has 0 aromatic heterocycles. The normalized spacial score (nSPS) is 13.0. The maximum atomic E-state index is 11.1. The van der Waals surface area contributed by atoms with Crippen LogP contribution in [0.1, 0.15) is 36.1 Å². The van der Waals surface area contributed by atoms with E-state index in [1.807, 2.05) is 48.5 Å². The van der Waals surface area contributed by atoms with Crippen molar-refractivity contribution in [1.82, 2.24) is 0 Å². The lowest BCUT2D eigenvalue weighted by atomic mass is 9.77. The van der Waals surface area contributed by atoms with Crippen molar-refractivity contribution >= 4 is 11.9 Å². The average molecular weight is 453 g/mol. The first-order valence-electron chi connectivity index (χ1n) is 10.8. The molecule has 0 heterocycles. The molecule has 0 spiro atoms. The van der Waals surface area contributed by atoms with Gasteiger partial charge in [-0.05, 0) is 22.3 Å². The summed E-state index contributed by atoms with van der Waals surface area (Å²) in [5.41, 5.74) is 3.86. The van der Waals surface area contributed by atoms with E-state index in [1.54, 1.807) is 0 Å². The number of aliphatic hydroxyl groups is 2. The number of ether oxygens (including phenoxy) is 2. The molecular formula is C27H32O6. The lowest BCUT2D eigenvalue weighted by molar-refractivity contribution is -0.141. The molecule has 0 aliphatic carbocycles. The number of rotatable bonds is 12. The number of carbonyl (C=O) groups is 2. The lowest BCUT2D eigenvalue weighted by Gasteiger charge is -2.27. The third-order valence-electron chi connectivity index (χ3n) is 5.46. The minimum absolute atomic E-state index is 0.0736.